The van der Waals surface area contributed by atoms with Crippen LogP contribution in [-0.2, 0) is 0 Å². The first-order valence-electron chi connectivity index (χ1n) is 5.84. The molecule has 0 saturated carbocycles. The first kappa shape index (κ1) is 13.6. The second kappa shape index (κ2) is 6.94. The molecule has 92 valence electrons. The molecule has 0 spiro atoms. The normalized spacial score (nSPS) is 22.4. The molecule has 2 atom stereocenters. The Bertz CT molecular complexity index is 271. The van der Waals surface area contributed by atoms with Crippen molar-refractivity contribution < 1.29 is 4.42 Å². The largest absolute Gasteiger partial charge is 0.468 e. The number of halogens is 1. The van der Waals surface area contributed by atoms with Crippen LogP contribution in [0, 0.1) is 5.92 Å². The van der Waals surface area contributed by atoms with Gasteiger partial charge in [-0.2, -0.15) is 0 Å². The number of furan rings is 1. The van der Waals surface area contributed by atoms with Gasteiger partial charge in [-0.3, -0.25) is 0 Å². The summed E-state index contributed by atoms with van der Waals surface area (Å²) >= 11 is 0. The van der Waals surface area contributed by atoms with Crippen LogP contribution in [0.15, 0.2) is 22.8 Å². The van der Waals surface area contributed by atoms with Gasteiger partial charge >= 0.3 is 0 Å². The van der Waals surface area contributed by atoms with Gasteiger partial charge in [0, 0.05) is 0 Å². The van der Waals surface area contributed by atoms with Gasteiger partial charge in [-0.1, -0.05) is 0 Å². The summed E-state index contributed by atoms with van der Waals surface area (Å²) in [4.78, 5) is 0. The smallest absolute Gasteiger partial charge is 0.120 e. The minimum Gasteiger partial charge on any atom is -0.468 e. The lowest BCUT2D eigenvalue weighted by Crippen LogP contribution is -2.36. The molecule has 0 bridgehead atoms. The predicted molar refractivity (Wildman–Crippen MR) is 68.0 cm³/mol. The van der Waals surface area contributed by atoms with Gasteiger partial charge in [0.15, 0.2) is 0 Å². The minimum atomic E-state index is 0. The van der Waals surface area contributed by atoms with E-state index in [-0.39, 0.29) is 12.4 Å². The number of piperidine rings is 1. The fraction of sp³-hybridized carbons (Fsp3) is 0.667. The molecule has 2 N–H and O–H groups in total. The molecule has 2 heterocycles. The molecule has 2 unspecified atom stereocenters. The second-order valence-electron chi connectivity index (χ2n) is 4.36. The molecule has 0 radical (unpaired) electrons. The molecule has 16 heavy (non-hydrogen) atoms. The topological polar surface area (TPSA) is 37.2 Å². The van der Waals surface area contributed by atoms with Crippen molar-refractivity contribution in [2.75, 3.05) is 19.6 Å². The summed E-state index contributed by atoms with van der Waals surface area (Å²) < 4.78 is 5.36. The van der Waals surface area contributed by atoms with Crippen molar-refractivity contribution in [1.29, 1.82) is 0 Å². The van der Waals surface area contributed by atoms with Crippen LogP contribution >= 0.6 is 12.4 Å². The van der Waals surface area contributed by atoms with E-state index in [0.29, 0.717) is 6.04 Å². The Morgan fingerprint density at radius 2 is 2.50 bits per heavy atom. The van der Waals surface area contributed by atoms with Gasteiger partial charge in [0.2, 0.25) is 0 Å². The zero-order chi connectivity index (χ0) is 10.5. The Morgan fingerprint density at radius 3 is 3.12 bits per heavy atom. The molecular formula is C12H21ClN2O. The lowest BCUT2D eigenvalue weighted by Gasteiger charge is -2.24. The van der Waals surface area contributed by atoms with E-state index < -0.39 is 0 Å². The minimum absolute atomic E-state index is 0. The Hall–Kier alpha value is -0.510. The average Bonchev–Trinajstić information content (AvgIpc) is 2.81. The van der Waals surface area contributed by atoms with Crippen molar-refractivity contribution in [1.82, 2.24) is 10.6 Å². The maximum atomic E-state index is 5.36. The van der Waals surface area contributed by atoms with Gasteiger partial charge in [-0.05, 0) is 57.5 Å². The highest BCUT2D eigenvalue weighted by Gasteiger charge is 2.14. The summed E-state index contributed by atoms with van der Waals surface area (Å²) in [5.41, 5.74) is 0. The molecule has 1 aromatic rings. The standard InChI is InChI=1S/C12H20N2O.ClH/c1-10(12-5-3-7-15-12)14-9-11-4-2-6-13-8-11;/h3,5,7,10-11,13-14H,2,4,6,8-9H2,1H3;1H. The van der Waals surface area contributed by atoms with Crippen LogP contribution in [0.1, 0.15) is 31.6 Å². The highest BCUT2D eigenvalue weighted by molar-refractivity contribution is 5.85. The van der Waals surface area contributed by atoms with Crippen LogP contribution in [0.25, 0.3) is 0 Å². The summed E-state index contributed by atoms with van der Waals surface area (Å²) in [6.07, 6.45) is 4.38. The molecule has 2 rings (SSSR count). The Kier molecular flexibility index (Phi) is 5.88. The predicted octanol–water partition coefficient (Wildman–Crippen LogP) is 2.35. The first-order chi connectivity index (χ1) is 7.36. The van der Waals surface area contributed by atoms with E-state index in [1.165, 1.54) is 19.4 Å². The molecule has 0 aliphatic carbocycles. The third-order valence-electron chi connectivity index (χ3n) is 3.08. The second-order valence-corrected chi connectivity index (χ2v) is 4.36. The molecular weight excluding hydrogens is 224 g/mol. The van der Waals surface area contributed by atoms with E-state index in [9.17, 15) is 0 Å². The van der Waals surface area contributed by atoms with Crippen molar-refractivity contribution in [2.45, 2.75) is 25.8 Å². The van der Waals surface area contributed by atoms with E-state index >= 15 is 0 Å². The average molecular weight is 245 g/mol. The van der Waals surface area contributed by atoms with Crippen LogP contribution in [0.5, 0.6) is 0 Å². The van der Waals surface area contributed by atoms with Gasteiger partial charge in [-0.15, -0.1) is 12.4 Å². The lowest BCUT2D eigenvalue weighted by molar-refractivity contribution is 0.335. The van der Waals surface area contributed by atoms with Gasteiger partial charge in [-0.25, -0.2) is 0 Å². The lowest BCUT2D eigenvalue weighted by atomic mass is 9.99. The molecule has 0 aromatic carbocycles. The van der Waals surface area contributed by atoms with E-state index in [0.717, 1.165) is 24.8 Å². The first-order valence-corrected chi connectivity index (χ1v) is 5.84. The third kappa shape index (κ3) is 3.81. The molecule has 1 fully saturated rings. The van der Waals surface area contributed by atoms with E-state index in [4.69, 9.17) is 4.42 Å². The van der Waals surface area contributed by atoms with Crippen molar-refractivity contribution in [3.63, 3.8) is 0 Å². The molecule has 1 aliphatic rings. The number of hydrogen-bond acceptors (Lipinski definition) is 3. The van der Waals surface area contributed by atoms with Crippen LogP contribution in [0.4, 0.5) is 0 Å². The van der Waals surface area contributed by atoms with E-state index in [1.54, 1.807) is 6.26 Å². The summed E-state index contributed by atoms with van der Waals surface area (Å²) in [5.74, 6) is 1.80. The molecule has 4 heteroatoms. The van der Waals surface area contributed by atoms with Crippen LogP contribution in [0.2, 0.25) is 0 Å². The van der Waals surface area contributed by atoms with E-state index in [2.05, 4.69) is 17.6 Å². The number of hydrogen-bond donors (Lipinski definition) is 2. The fourth-order valence-corrected chi connectivity index (χ4v) is 2.08. The van der Waals surface area contributed by atoms with Crippen molar-refractivity contribution in [3.8, 4) is 0 Å². The Balaban J connectivity index is 0.00000128. The van der Waals surface area contributed by atoms with Crippen LogP contribution in [0.3, 0.4) is 0 Å². The quantitative estimate of drug-likeness (QED) is 0.854. The molecule has 1 aliphatic heterocycles. The van der Waals surface area contributed by atoms with E-state index in [1.807, 2.05) is 12.1 Å². The highest BCUT2D eigenvalue weighted by Crippen LogP contribution is 2.14. The Labute approximate surface area is 103 Å². The maximum Gasteiger partial charge on any atom is 0.120 e. The van der Waals surface area contributed by atoms with Gasteiger partial charge in [0.1, 0.15) is 5.76 Å². The SMILES string of the molecule is CC(NCC1CCCNC1)c1ccco1.Cl. The van der Waals surface area contributed by atoms with Crippen molar-refractivity contribution in [3.05, 3.63) is 24.2 Å². The number of rotatable bonds is 4. The van der Waals surface area contributed by atoms with Crippen molar-refractivity contribution in [2.24, 2.45) is 5.92 Å². The summed E-state index contributed by atoms with van der Waals surface area (Å²) in [6, 6.07) is 4.29. The molecule has 3 nitrogen and oxygen atoms in total. The van der Waals surface area contributed by atoms with Gasteiger partial charge < -0.3 is 15.1 Å². The highest BCUT2D eigenvalue weighted by atomic mass is 35.5. The summed E-state index contributed by atoms with van der Waals surface area (Å²) in [5, 5.41) is 6.95. The van der Waals surface area contributed by atoms with Crippen LogP contribution in [-0.4, -0.2) is 19.6 Å². The van der Waals surface area contributed by atoms with Gasteiger partial charge in [0.25, 0.3) is 0 Å². The third-order valence-corrected chi connectivity index (χ3v) is 3.08. The Morgan fingerprint density at radius 1 is 1.62 bits per heavy atom. The van der Waals surface area contributed by atoms with Crippen LogP contribution < -0.4 is 10.6 Å². The van der Waals surface area contributed by atoms with Gasteiger partial charge in [0.05, 0.1) is 12.3 Å². The molecule has 0 amide bonds. The maximum absolute atomic E-state index is 5.36. The molecule has 1 saturated heterocycles. The van der Waals surface area contributed by atoms with Crippen molar-refractivity contribution >= 4 is 12.4 Å². The summed E-state index contributed by atoms with van der Waals surface area (Å²) in [6.45, 7) is 5.56. The zero-order valence-electron chi connectivity index (χ0n) is 9.74. The molecule has 1 aromatic heterocycles. The number of nitrogens with one attached hydrogen (secondary N) is 2. The fourth-order valence-electron chi connectivity index (χ4n) is 2.08. The monoisotopic (exact) mass is 244 g/mol. The summed E-state index contributed by atoms with van der Waals surface area (Å²) in [7, 11) is 0. The zero-order valence-corrected chi connectivity index (χ0v) is 10.6.